The summed E-state index contributed by atoms with van der Waals surface area (Å²) in [5, 5.41) is 0.327. The van der Waals surface area contributed by atoms with Crippen LogP contribution in [-0.4, -0.2) is 37.2 Å². The van der Waals surface area contributed by atoms with Crippen molar-refractivity contribution < 1.29 is 13.3 Å². The van der Waals surface area contributed by atoms with Gasteiger partial charge in [0.15, 0.2) is 25.0 Å². The number of hydrogen-bond donors (Lipinski definition) is 0. The maximum absolute atomic E-state index is 7.14. The Kier molecular flexibility index (Phi) is 13.6. The molecule has 1 aromatic carbocycles. The highest BCUT2D eigenvalue weighted by Gasteiger charge is 2.51. The molecule has 0 bridgehead atoms. The Morgan fingerprint density at radius 2 is 1.51 bits per heavy atom. The third-order valence-corrected chi connectivity index (χ3v) is 24.7. The molecule has 1 aromatic rings. The van der Waals surface area contributed by atoms with Gasteiger partial charge in [0.25, 0.3) is 0 Å². The van der Waals surface area contributed by atoms with E-state index in [2.05, 4.69) is 151 Å². The highest BCUT2D eigenvalue weighted by atomic mass is 28.4. The van der Waals surface area contributed by atoms with E-state index in [4.69, 9.17) is 19.9 Å². The van der Waals surface area contributed by atoms with Crippen LogP contribution in [0.3, 0.4) is 0 Å². The van der Waals surface area contributed by atoms with E-state index in [-0.39, 0.29) is 27.9 Å². The van der Waals surface area contributed by atoms with Crippen LogP contribution in [0.25, 0.3) is 0 Å². The van der Waals surface area contributed by atoms with E-state index in [1.54, 1.807) is 5.57 Å². The van der Waals surface area contributed by atoms with Gasteiger partial charge in [-0.15, -0.1) is 0 Å². The summed E-state index contributed by atoms with van der Waals surface area (Å²) >= 11 is 0. The smallest absolute Gasteiger partial charge is 0.192 e. The molecular weight excluding hydrogens is 697 g/mol. The van der Waals surface area contributed by atoms with Crippen LogP contribution in [0.4, 0.5) is 0 Å². The number of fused-ring (bicyclic) bond motifs is 1. The number of benzene rings is 1. The molecule has 3 fully saturated rings. The minimum atomic E-state index is -1.99. The first-order chi connectivity index (χ1) is 24.1. The van der Waals surface area contributed by atoms with Crippen LogP contribution in [-0.2, 0) is 25.3 Å². The van der Waals surface area contributed by atoms with Crippen molar-refractivity contribution >= 4 is 25.0 Å². The molecular formula is C47H82O3Si3. The summed E-state index contributed by atoms with van der Waals surface area (Å²) < 4.78 is 20.9. The lowest BCUT2D eigenvalue weighted by Crippen LogP contribution is -2.49. The van der Waals surface area contributed by atoms with Gasteiger partial charge in [0.1, 0.15) is 0 Å². The second kappa shape index (κ2) is 16.1. The topological polar surface area (TPSA) is 27.7 Å². The Morgan fingerprint density at radius 3 is 2.11 bits per heavy atom. The predicted molar refractivity (Wildman–Crippen MR) is 238 cm³/mol. The van der Waals surface area contributed by atoms with E-state index < -0.39 is 25.0 Å². The van der Waals surface area contributed by atoms with Crippen LogP contribution >= 0.6 is 0 Å². The predicted octanol–water partition coefficient (Wildman–Crippen LogP) is 14.5. The fraction of sp³-hybridized carbons (Fsp3) is 0.745. The maximum atomic E-state index is 7.14. The lowest BCUT2D eigenvalue weighted by Gasteiger charge is -2.46. The summed E-state index contributed by atoms with van der Waals surface area (Å²) in [6, 6.07) is 9.25. The highest BCUT2D eigenvalue weighted by Crippen LogP contribution is 2.60. The molecule has 0 unspecified atom stereocenters. The van der Waals surface area contributed by atoms with E-state index in [0.29, 0.717) is 17.3 Å². The molecule has 0 heterocycles. The van der Waals surface area contributed by atoms with Crippen molar-refractivity contribution in [1.29, 1.82) is 0 Å². The van der Waals surface area contributed by atoms with Gasteiger partial charge >= 0.3 is 0 Å². The van der Waals surface area contributed by atoms with E-state index in [1.165, 1.54) is 60.8 Å². The lowest BCUT2D eigenvalue weighted by molar-refractivity contribution is 0.0940. The molecule has 3 nitrogen and oxygen atoms in total. The molecule has 3 aliphatic carbocycles. The second-order valence-corrected chi connectivity index (χ2v) is 36.2. The third-order valence-electron chi connectivity index (χ3n) is 14.5. The quantitative estimate of drug-likeness (QED) is 0.198. The van der Waals surface area contributed by atoms with Crippen LogP contribution in [0.2, 0.25) is 55.9 Å². The van der Waals surface area contributed by atoms with Crippen molar-refractivity contribution in [1.82, 2.24) is 0 Å². The van der Waals surface area contributed by atoms with Crippen molar-refractivity contribution in [2.75, 3.05) is 0 Å². The van der Waals surface area contributed by atoms with Gasteiger partial charge < -0.3 is 13.3 Å². The van der Waals surface area contributed by atoms with E-state index >= 15 is 0 Å². The standard InChI is InChI=1S/C47H82O3Si3/c1-34(24-25-36-21-19-23-39(31-36)46(9,10)50-51(12,13)14)41-28-29-42-37(22-20-30-47(41,42)11)26-27-38-32-40(48-52(15,16)44(3,4)5)33-43(35(38)2)49-53(17,18)45(6,7)8/h19,21,23,26-27,31,34,40-43H,2,20,22,24-25,28-30,32-33H2,1,3-18H3/b37-26+,38-27-/t34-,40-,41-,42+,43+,47-/m1/s1. The average Bonchev–Trinajstić information content (AvgIpc) is 3.36. The number of allylic oxidation sites excluding steroid dienone is 3. The molecule has 0 aliphatic heterocycles. The minimum Gasteiger partial charge on any atom is -0.413 e. The summed E-state index contributed by atoms with van der Waals surface area (Å²) in [7, 11) is -5.59. The molecule has 0 spiro atoms. The lowest BCUT2D eigenvalue weighted by atomic mass is 9.60. The molecule has 53 heavy (non-hydrogen) atoms. The Hall–Kier alpha value is -1.03. The molecule has 6 atom stereocenters. The van der Waals surface area contributed by atoms with Crippen molar-refractivity contribution in [3.05, 3.63) is 70.8 Å². The summed E-state index contributed by atoms with van der Waals surface area (Å²) in [5.74, 6) is 2.16. The van der Waals surface area contributed by atoms with Crippen LogP contribution in [0.1, 0.15) is 132 Å². The summed E-state index contributed by atoms with van der Waals surface area (Å²) in [6.07, 6.45) is 16.0. The van der Waals surface area contributed by atoms with Gasteiger partial charge in [-0.1, -0.05) is 104 Å². The van der Waals surface area contributed by atoms with Gasteiger partial charge in [0.2, 0.25) is 0 Å². The van der Waals surface area contributed by atoms with Crippen LogP contribution < -0.4 is 0 Å². The monoisotopic (exact) mass is 779 g/mol. The van der Waals surface area contributed by atoms with Crippen molar-refractivity contribution in [2.45, 2.75) is 201 Å². The summed E-state index contributed by atoms with van der Waals surface area (Å²) in [4.78, 5) is 0. The SMILES string of the molecule is C=C1/C(=C\C=C2/CCC[C@]3(C)[C@@H]([C@H](C)CCc4cccc(C(C)(C)O[Si](C)(C)C)c4)CC[C@@H]23)C[C@@H](O[Si](C)(C)C(C)(C)C)C[C@@H]1O[Si](C)(C)C(C)(C)C. The van der Waals surface area contributed by atoms with Gasteiger partial charge in [-0.25, -0.2) is 0 Å². The van der Waals surface area contributed by atoms with E-state index in [9.17, 15) is 0 Å². The Morgan fingerprint density at radius 1 is 0.887 bits per heavy atom. The van der Waals surface area contributed by atoms with Gasteiger partial charge in [0.05, 0.1) is 17.8 Å². The maximum Gasteiger partial charge on any atom is 0.192 e. The molecule has 3 saturated carbocycles. The van der Waals surface area contributed by atoms with Crippen molar-refractivity contribution in [3.8, 4) is 0 Å². The van der Waals surface area contributed by atoms with E-state index in [0.717, 1.165) is 25.2 Å². The van der Waals surface area contributed by atoms with Gasteiger partial charge in [-0.05, 0) is 167 Å². The minimum absolute atomic E-state index is 0.0250. The van der Waals surface area contributed by atoms with Gasteiger partial charge in [-0.2, -0.15) is 0 Å². The highest BCUT2D eigenvalue weighted by molar-refractivity contribution is 6.74. The number of rotatable bonds is 12. The Balaban J connectivity index is 1.52. The number of hydrogen-bond acceptors (Lipinski definition) is 3. The molecule has 3 aliphatic rings. The zero-order valence-corrected chi connectivity index (χ0v) is 40.6. The largest absolute Gasteiger partial charge is 0.413 e. The summed E-state index contributed by atoms with van der Waals surface area (Å²) in [6.45, 7) is 44.9. The van der Waals surface area contributed by atoms with Crippen molar-refractivity contribution in [2.24, 2.45) is 23.2 Å². The first-order valence-electron chi connectivity index (χ1n) is 21.3. The second-order valence-electron chi connectivity index (χ2n) is 22.3. The number of aryl methyl sites for hydroxylation is 1. The summed E-state index contributed by atoms with van der Waals surface area (Å²) in [5.41, 5.74) is 7.12. The first-order valence-corrected chi connectivity index (χ1v) is 30.5. The molecule has 6 heteroatoms. The molecule has 300 valence electrons. The average molecular weight is 779 g/mol. The molecule has 0 radical (unpaired) electrons. The third kappa shape index (κ3) is 10.7. The van der Waals surface area contributed by atoms with Crippen LogP contribution in [0, 0.1) is 23.2 Å². The van der Waals surface area contributed by atoms with E-state index in [1.807, 2.05) is 0 Å². The van der Waals surface area contributed by atoms with Gasteiger partial charge in [0, 0.05) is 6.42 Å². The fourth-order valence-electron chi connectivity index (χ4n) is 9.50. The molecule has 4 rings (SSSR count). The van der Waals surface area contributed by atoms with Crippen LogP contribution in [0.5, 0.6) is 0 Å². The van der Waals surface area contributed by atoms with Crippen LogP contribution in [0.15, 0.2) is 59.7 Å². The zero-order chi connectivity index (χ0) is 40.0. The normalized spacial score (nSPS) is 28.8. The van der Waals surface area contributed by atoms with Crippen molar-refractivity contribution in [3.63, 3.8) is 0 Å². The molecule has 0 saturated heterocycles. The molecule has 0 N–H and O–H groups in total. The fourth-order valence-corrected chi connectivity index (χ4v) is 13.8. The Bertz CT molecular complexity index is 1500. The first kappa shape index (κ1) is 44.7. The zero-order valence-electron chi connectivity index (χ0n) is 37.6. The van der Waals surface area contributed by atoms with Gasteiger partial charge in [-0.3, -0.25) is 0 Å². The molecule has 0 aromatic heterocycles. The molecule has 0 amide bonds. The Labute approximate surface area is 331 Å².